The molecule has 1 heteroatoms. The fourth-order valence-corrected chi connectivity index (χ4v) is 3.56. The highest BCUT2D eigenvalue weighted by Crippen LogP contribution is 2.40. The maximum Gasteiger partial charge on any atom is 0.0718 e. The van der Waals surface area contributed by atoms with E-state index >= 15 is 0 Å². The number of hydrogen-bond acceptors (Lipinski definition) is 1. The fourth-order valence-electron chi connectivity index (χ4n) is 3.56. The van der Waals surface area contributed by atoms with Gasteiger partial charge in [-0.05, 0) is 42.7 Å². The lowest BCUT2D eigenvalue weighted by Crippen LogP contribution is -2.45. The van der Waals surface area contributed by atoms with Crippen molar-refractivity contribution in [1.29, 1.82) is 0 Å². The van der Waals surface area contributed by atoms with Gasteiger partial charge in [0.2, 0.25) is 0 Å². The average Bonchev–Trinajstić information content (AvgIpc) is 2.32. The molecular weight excluding hydrogens is 220 g/mol. The molecule has 1 fully saturated rings. The molecule has 2 rings (SSSR count). The van der Waals surface area contributed by atoms with Gasteiger partial charge >= 0.3 is 0 Å². The summed E-state index contributed by atoms with van der Waals surface area (Å²) in [6.45, 7) is 6.64. The summed E-state index contributed by atoms with van der Waals surface area (Å²) in [5.74, 6) is 1.02. The van der Waals surface area contributed by atoms with Crippen LogP contribution >= 0.6 is 0 Å². The van der Waals surface area contributed by atoms with E-state index < -0.39 is 5.60 Å². The molecule has 0 spiro atoms. The Balaban J connectivity index is 2.21. The summed E-state index contributed by atoms with van der Waals surface area (Å²) >= 11 is 0. The number of aliphatic hydroxyl groups is 1. The Bertz CT molecular complexity index is 396. The Labute approximate surface area is 111 Å². The minimum absolute atomic E-state index is 0.450. The maximum absolute atomic E-state index is 11.1. The number of rotatable bonds is 3. The van der Waals surface area contributed by atoms with Gasteiger partial charge in [0.15, 0.2) is 0 Å². The van der Waals surface area contributed by atoms with Crippen molar-refractivity contribution >= 4 is 0 Å². The van der Waals surface area contributed by atoms with E-state index in [0.717, 1.165) is 12.8 Å². The predicted octanol–water partition coefficient (Wildman–Crippen LogP) is 4.11. The Morgan fingerprint density at radius 2 is 2.00 bits per heavy atom. The standard InChI is InChI=1S/C17H26O/c1-13(2)16-10-6-7-11-17(16,18)12-15-9-5-4-8-14(15)3/h4-5,8-9,13,16,18H,6-7,10-12H2,1-3H3. The highest BCUT2D eigenvalue weighted by Gasteiger charge is 2.40. The lowest BCUT2D eigenvalue weighted by atomic mass is 9.67. The molecular formula is C17H26O. The van der Waals surface area contributed by atoms with Crippen LogP contribution in [0.2, 0.25) is 0 Å². The molecule has 1 N–H and O–H groups in total. The van der Waals surface area contributed by atoms with E-state index in [-0.39, 0.29) is 0 Å². The third-order valence-electron chi connectivity index (χ3n) is 4.63. The maximum atomic E-state index is 11.1. The van der Waals surface area contributed by atoms with Gasteiger partial charge < -0.3 is 5.11 Å². The smallest absolute Gasteiger partial charge is 0.0718 e. The van der Waals surface area contributed by atoms with Crippen molar-refractivity contribution in [2.45, 2.75) is 58.5 Å². The van der Waals surface area contributed by atoms with Crippen LogP contribution in [0.3, 0.4) is 0 Å². The molecule has 0 aliphatic heterocycles. The van der Waals surface area contributed by atoms with Crippen molar-refractivity contribution in [3.8, 4) is 0 Å². The summed E-state index contributed by atoms with van der Waals surface area (Å²) in [6.07, 6.45) is 5.41. The summed E-state index contributed by atoms with van der Waals surface area (Å²) in [5.41, 5.74) is 2.13. The molecule has 1 aromatic carbocycles. The molecule has 1 nitrogen and oxygen atoms in total. The zero-order valence-electron chi connectivity index (χ0n) is 11.9. The molecule has 0 amide bonds. The zero-order valence-corrected chi connectivity index (χ0v) is 11.9. The first-order chi connectivity index (χ1) is 8.53. The largest absolute Gasteiger partial charge is 0.389 e. The van der Waals surface area contributed by atoms with Crippen LogP contribution in [0.1, 0.15) is 50.7 Å². The van der Waals surface area contributed by atoms with E-state index in [2.05, 4.69) is 45.0 Å². The molecule has 1 saturated carbocycles. The lowest BCUT2D eigenvalue weighted by molar-refractivity contribution is -0.0653. The topological polar surface area (TPSA) is 20.2 Å². The van der Waals surface area contributed by atoms with E-state index in [1.165, 1.54) is 30.4 Å². The van der Waals surface area contributed by atoms with E-state index in [1.807, 2.05) is 0 Å². The van der Waals surface area contributed by atoms with Crippen LogP contribution in [0.5, 0.6) is 0 Å². The van der Waals surface area contributed by atoms with Gasteiger partial charge in [-0.25, -0.2) is 0 Å². The van der Waals surface area contributed by atoms with Crippen molar-refractivity contribution in [3.63, 3.8) is 0 Å². The number of benzene rings is 1. The second-order valence-electron chi connectivity index (χ2n) is 6.30. The first-order valence-corrected chi connectivity index (χ1v) is 7.30. The fraction of sp³-hybridized carbons (Fsp3) is 0.647. The van der Waals surface area contributed by atoms with Crippen molar-refractivity contribution in [2.24, 2.45) is 11.8 Å². The predicted molar refractivity (Wildman–Crippen MR) is 76.6 cm³/mol. The van der Waals surface area contributed by atoms with Gasteiger partial charge in [-0.2, -0.15) is 0 Å². The van der Waals surface area contributed by atoms with Gasteiger partial charge in [0.25, 0.3) is 0 Å². The van der Waals surface area contributed by atoms with E-state index in [4.69, 9.17) is 0 Å². The number of aryl methyl sites for hydroxylation is 1. The van der Waals surface area contributed by atoms with Crippen LogP contribution in [0.15, 0.2) is 24.3 Å². The molecule has 2 atom stereocenters. The summed E-state index contributed by atoms with van der Waals surface area (Å²) in [4.78, 5) is 0. The molecule has 100 valence electrons. The normalized spacial score (nSPS) is 28.6. The first kappa shape index (κ1) is 13.6. The minimum Gasteiger partial charge on any atom is -0.389 e. The summed E-state index contributed by atoms with van der Waals surface area (Å²) in [5, 5.41) is 11.1. The third kappa shape index (κ3) is 2.77. The van der Waals surface area contributed by atoms with E-state index in [9.17, 15) is 5.11 Å². The van der Waals surface area contributed by atoms with Gasteiger partial charge in [-0.1, -0.05) is 51.0 Å². The quantitative estimate of drug-likeness (QED) is 0.850. The molecule has 0 bridgehead atoms. The monoisotopic (exact) mass is 246 g/mol. The molecule has 2 unspecified atom stereocenters. The van der Waals surface area contributed by atoms with Crippen molar-refractivity contribution in [2.75, 3.05) is 0 Å². The van der Waals surface area contributed by atoms with Crippen molar-refractivity contribution in [3.05, 3.63) is 35.4 Å². The second-order valence-corrected chi connectivity index (χ2v) is 6.30. The van der Waals surface area contributed by atoms with Crippen LogP contribution in [0, 0.1) is 18.8 Å². The van der Waals surface area contributed by atoms with Gasteiger partial charge in [-0.15, -0.1) is 0 Å². The molecule has 1 aliphatic carbocycles. The van der Waals surface area contributed by atoms with Crippen LogP contribution in [-0.4, -0.2) is 10.7 Å². The zero-order chi connectivity index (χ0) is 13.2. The molecule has 1 aromatic rings. The van der Waals surface area contributed by atoms with Gasteiger partial charge in [0, 0.05) is 6.42 Å². The summed E-state index contributed by atoms with van der Waals surface area (Å²) in [7, 11) is 0. The Morgan fingerprint density at radius 3 is 2.67 bits per heavy atom. The molecule has 18 heavy (non-hydrogen) atoms. The minimum atomic E-state index is -0.488. The Morgan fingerprint density at radius 1 is 1.28 bits per heavy atom. The second kappa shape index (κ2) is 5.44. The molecule has 1 aliphatic rings. The highest BCUT2D eigenvalue weighted by atomic mass is 16.3. The van der Waals surface area contributed by atoms with Gasteiger partial charge in [-0.3, -0.25) is 0 Å². The number of hydrogen-bond donors (Lipinski definition) is 1. The van der Waals surface area contributed by atoms with Gasteiger partial charge in [0.1, 0.15) is 0 Å². The van der Waals surface area contributed by atoms with Crippen LogP contribution < -0.4 is 0 Å². The SMILES string of the molecule is Cc1ccccc1CC1(O)CCCCC1C(C)C. The summed E-state index contributed by atoms with van der Waals surface area (Å²) < 4.78 is 0. The van der Waals surface area contributed by atoms with Crippen LogP contribution in [0.4, 0.5) is 0 Å². The summed E-state index contributed by atoms with van der Waals surface area (Å²) in [6, 6.07) is 8.47. The van der Waals surface area contributed by atoms with Crippen molar-refractivity contribution < 1.29 is 5.11 Å². The van der Waals surface area contributed by atoms with Crippen LogP contribution in [-0.2, 0) is 6.42 Å². The lowest BCUT2D eigenvalue weighted by Gasteiger charge is -2.43. The Kier molecular flexibility index (Phi) is 4.11. The van der Waals surface area contributed by atoms with E-state index in [0.29, 0.717) is 11.8 Å². The first-order valence-electron chi connectivity index (χ1n) is 7.30. The molecule has 0 aromatic heterocycles. The van der Waals surface area contributed by atoms with Crippen molar-refractivity contribution in [1.82, 2.24) is 0 Å². The third-order valence-corrected chi connectivity index (χ3v) is 4.63. The van der Waals surface area contributed by atoms with Crippen LogP contribution in [0.25, 0.3) is 0 Å². The Hall–Kier alpha value is -0.820. The highest BCUT2D eigenvalue weighted by molar-refractivity contribution is 5.27. The molecule has 0 heterocycles. The van der Waals surface area contributed by atoms with E-state index in [1.54, 1.807) is 0 Å². The van der Waals surface area contributed by atoms with Gasteiger partial charge in [0.05, 0.1) is 5.60 Å². The average molecular weight is 246 g/mol. The molecule has 0 radical (unpaired) electrons. The molecule has 0 saturated heterocycles.